The number of nitrogens with zero attached hydrogens (tertiary/aromatic N) is 7. The quantitative estimate of drug-likeness (QED) is 0.333. The van der Waals surface area contributed by atoms with Crippen LogP contribution in [0.2, 0.25) is 0 Å². The molecule has 2 aromatic heterocycles. The molecule has 0 aliphatic rings. The van der Waals surface area contributed by atoms with Crippen molar-refractivity contribution >= 4 is 17.6 Å². The number of hydrogen-bond acceptors (Lipinski definition) is 7. The average Bonchev–Trinajstić information content (AvgIpc) is 2.84. The van der Waals surface area contributed by atoms with Crippen LogP contribution in [-0.2, 0) is 14.1 Å². The van der Waals surface area contributed by atoms with Gasteiger partial charge >= 0.3 is 0 Å². The molecule has 0 aliphatic carbocycles. The van der Waals surface area contributed by atoms with Crippen LogP contribution in [0.15, 0.2) is 15.3 Å². The third kappa shape index (κ3) is 2.01. The van der Waals surface area contributed by atoms with Crippen molar-refractivity contribution in [2.24, 2.45) is 25.0 Å². The third-order valence-corrected chi connectivity index (χ3v) is 3.49. The molecule has 0 amide bonds. The molecule has 0 aromatic carbocycles. The van der Waals surface area contributed by atoms with E-state index in [-0.39, 0.29) is 5.84 Å². The number of rotatable bonds is 3. The van der Waals surface area contributed by atoms with Gasteiger partial charge in [-0.05, 0) is 29.1 Å². The largest absolute Gasteiger partial charge is 0.409 e. The van der Waals surface area contributed by atoms with E-state index < -0.39 is 0 Å². The van der Waals surface area contributed by atoms with Gasteiger partial charge in [0.15, 0.2) is 5.84 Å². The molecule has 96 valence electrons. The van der Waals surface area contributed by atoms with Crippen LogP contribution in [0.5, 0.6) is 0 Å². The zero-order valence-corrected chi connectivity index (χ0v) is 10.9. The highest BCUT2D eigenvalue weighted by atomic mass is 32.2. The SMILES string of the molecule is Cc1nn(C)c(Sc2nnnn2C)c1/C(N)=N/O. The Labute approximate surface area is 107 Å². The summed E-state index contributed by atoms with van der Waals surface area (Å²) < 4.78 is 3.17. The molecule has 2 aromatic rings. The van der Waals surface area contributed by atoms with Crippen LogP contribution in [-0.4, -0.2) is 41.0 Å². The second-order valence-corrected chi connectivity index (χ2v) is 4.52. The normalized spacial score (nSPS) is 12.1. The van der Waals surface area contributed by atoms with Gasteiger partial charge in [-0.15, -0.1) is 5.10 Å². The zero-order chi connectivity index (χ0) is 13.3. The van der Waals surface area contributed by atoms with Gasteiger partial charge < -0.3 is 10.9 Å². The number of nitrogens with two attached hydrogens (primary N) is 1. The van der Waals surface area contributed by atoms with Crippen molar-refractivity contribution in [3.63, 3.8) is 0 Å². The van der Waals surface area contributed by atoms with Gasteiger partial charge in [0.05, 0.1) is 11.3 Å². The minimum Gasteiger partial charge on any atom is -0.409 e. The van der Waals surface area contributed by atoms with Crippen LogP contribution in [0.3, 0.4) is 0 Å². The van der Waals surface area contributed by atoms with Crippen LogP contribution < -0.4 is 5.73 Å². The van der Waals surface area contributed by atoms with Gasteiger partial charge in [0.2, 0.25) is 5.16 Å². The lowest BCUT2D eigenvalue weighted by molar-refractivity contribution is 0.318. The Kier molecular flexibility index (Phi) is 3.19. The van der Waals surface area contributed by atoms with E-state index in [9.17, 15) is 0 Å². The van der Waals surface area contributed by atoms with Crippen molar-refractivity contribution in [3.8, 4) is 0 Å². The van der Waals surface area contributed by atoms with Crippen molar-refractivity contribution in [1.82, 2.24) is 30.0 Å². The number of aryl methyl sites for hydroxylation is 3. The van der Waals surface area contributed by atoms with E-state index in [1.165, 1.54) is 16.4 Å². The minimum absolute atomic E-state index is 0.0122. The van der Waals surface area contributed by atoms with Gasteiger partial charge in [0, 0.05) is 14.1 Å². The van der Waals surface area contributed by atoms with Crippen LogP contribution in [0.4, 0.5) is 0 Å². The van der Waals surface area contributed by atoms with E-state index in [1.807, 2.05) is 0 Å². The molecule has 0 saturated carbocycles. The minimum atomic E-state index is 0.0122. The van der Waals surface area contributed by atoms with Crippen molar-refractivity contribution in [3.05, 3.63) is 11.3 Å². The summed E-state index contributed by atoms with van der Waals surface area (Å²) in [4.78, 5) is 0. The lowest BCUT2D eigenvalue weighted by Gasteiger charge is -2.03. The van der Waals surface area contributed by atoms with E-state index in [4.69, 9.17) is 10.9 Å². The molecule has 0 saturated heterocycles. The summed E-state index contributed by atoms with van der Waals surface area (Å²) in [6, 6.07) is 0. The molecule has 0 bridgehead atoms. The Morgan fingerprint density at radius 1 is 1.39 bits per heavy atom. The first-order valence-electron chi connectivity index (χ1n) is 4.96. The van der Waals surface area contributed by atoms with E-state index in [2.05, 4.69) is 25.8 Å². The molecule has 2 rings (SSSR count). The standard InChI is InChI=1S/C8H12N8OS/c1-4-5(6(9)12-17)7(15(2)11-4)18-8-10-13-14-16(8)3/h17H,1-3H3,(H2,9,12). The first kappa shape index (κ1) is 12.4. The van der Waals surface area contributed by atoms with Crippen LogP contribution in [0.25, 0.3) is 0 Å². The van der Waals surface area contributed by atoms with Crippen LogP contribution >= 0.6 is 11.8 Å². The number of hydrogen-bond donors (Lipinski definition) is 2. The summed E-state index contributed by atoms with van der Waals surface area (Å²) >= 11 is 1.29. The summed E-state index contributed by atoms with van der Waals surface area (Å²) in [5, 5.41) is 28.5. The summed E-state index contributed by atoms with van der Waals surface area (Å²) in [5.74, 6) is 0.0122. The molecular formula is C8H12N8OS. The lowest BCUT2D eigenvalue weighted by atomic mass is 10.2. The van der Waals surface area contributed by atoms with Crippen LogP contribution in [0.1, 0.15) is 11.3 Å². The van der Waals surface area contributed by atoms with Crippen molar-refractivity contribution in [2.75, 3.05) is 0 Å². The molecule has 0 aliphatic heterocycles. The monoisotopic (exact) mass is 268 g/mol. The maximum Gasteiger partial charge on any atom is 0.215 e. The van der Waals surface area contributed by atoms with Gasteiger partial charge in [0.1, 0.15) is 5.03 Å². The molecule has 3 N–H and O–H groups in total. The Morgan fingerprint density at radius 2 is 2.11 bits per heavy atom. The van der Waals surface area contributed by atoms with E-state index in [1.54, 1.807) is 25.7 Å². The number of aromatic nitrogens is 6. The predicted octanol–water partition coefficient (Wildman–Crippen LogP) is -0.502. The van der Waals surface area contributed by atoms with Crippen molar-refractivity contribution < 1.29 is 5.21 Å². The smallest absolute Gasteiger partial charge is 0.215 e. The highest BCUT2D eigenvalue weighted by Crippen LogP contribution is 2.29. The highest BCUT2D eigenvalue weighted by molar-refractivity contribution is 7.99. The van der Waals surface area contributed by atoms with E-state index in [0.717, 1.165) is 0 Å². The Bertz CT molecular complexity index is 600. The first-order valence-corrected chi connectivity index (χ1v) is 5.78. The Hall–Kier alpha value is -2.10. The molecule has 9 nitrogen and oxygen atoms in total. The van der Waals surface area contributed by atoms with E-state index in [0.29, 0.717) is 21.4 Å². The highest BCUT2D eigenvalue weighted by Gasteiger charge is 2.20. The van der Waals surface area contributed by atoms with Gasteiger partial charge in [-0.2, -0.15) is 5.10 Å². The molecule has 10 heteroatoms. The van der Waals surface area contributed by atoms with Gasteiger partial charge in [-0.3, -0.25) is 4.68 Å². The molecular weight excluding hydrogens is 256 g/mol. The molecule has 0 atom stereocenters. The molecule has 0 radical (unpaired) electrons. The van der Waals surface area contributed by atoms with Crippen molar-refractivity contribution in [1.29, 1.82) is 0 Å². The number of amidine groups is 1. The molecule has 0 fully saturated rings. The van der Waals surface area contributed by atoms with Crippen LogP contribution in [0, 0.1) is 6.92 Å². The predicted molar refractivity (Wildman–Crippen MR) is 63.4 cm³/mol. The number of oxime groups is 1. The fourth-order valence-electron chi connectivity index (χ4n) is 1.49. The van der Waals surface area contributed by atoms with Gasteiger partial charge in [0.25, 0.3) is 0 Å². The molecule has 18 heavy (non-hydrogen) atoms. The maximum atomic E-state index is 8.80. The van der Waals surface area contributed by atoms with Gasteiger partial charge in [-0.1, -0.05) is 5.16 Å². The summed E-state index contributed by atoms with van der Waals surface area (Å²) in [6.07, 6.45) is 0. The molecule has 0 unspecified atom stereocenters. The zero-order valence-electron chi connectivity index (χ0n) is 10.1. The maximum absolute atomic E-state index is 8.80. The van der Waals surface area contributed by atoms with Crippen molar-refractivity contribution in [2.45, 2.75) is 17.1 Å². The second-order valence-electron chi connectivity index (χ2n) is 3.56. The third-order valence-electron chi connectivity index (χ3n) is 2.30. The number of tetrazole rings is 1. The van der Waals surface area contributed by atoms with E-state index >= 15 is 0 Å². The topological polar surface area (TPSA) is 120 Å². The first-order chi connectivity index (χ1) is 8.54. The summed E-state index contributed by atoms with van der Waals surface area (Å²) in [6.45, 7) is 1.78. The second kappa shape index (κ2) is 4.64. The fourth-order valence-corrected chi connectivity index (χ4v) is 2.44. The Morgan fingerprint density at radius 3 is 2.67 bits per heavy atom. The summed E-state index contributed by atoms with van der Waals surface area (Å²) in [5.41, 5.74) is 6.90. The Balaban J connectivity index is 2.48. The lowest BCUT2D eigenvalue weighted by Crippen LogP contribution is -2.15. The molecule has 0 spiro atoms. The molecule has 2 heterocycles. The van der Waals surface area contributed by atoms with Gasteiger partial charge in [-0.25, -0.2) is 4.68 Å². The summed E-state index contributed by atoms with van der Waals surface area (Å²) in [7, 11) is 3.50. The average molecular weight is 268 g/mol. The fraction of sp³-hybridized carbons (Fsp3) is 0.375.